The Bertz CT molecular complexity index is 700. The summed E-state index contributed by atoms with van der Waals surface area (Å²) in [6.07, 6.45) is 0.681. The van der Waals surface area contributed by atoms with Gasteiger partial charge in [0.05, 0.1) is 0 Å². The van der Waals surface area contributed by atoms with Gasteiger partial charge in [0.2, 0.25) is 0 Å². The van der Waals surface area contributed by atoms with Gasteiger partial charge in [0.25, 0.3) is 10.2 Å². The van der Waals surface area contributed by atoms with Crippen molar-refractivity contribution >= 4 is 10.2 Å². The van der Waals surface area contributed by atoms with Crippen molar-refractivity contribution in [1.82, 2.24) is 8.61 Å². The van der Waals surface area contributed by atoms with Crippen LogP contribution >= 0.6 is 0 Å². The molecule has 4 nitrogen and oxygen atoms in total. The molecule has 1 unspecified atom stereocenters. The minimum Gasteiger partial charge on any atom is -0.195 e. The largest absolute Gasteiger partial charge is 0.282 e. The van der Waals surface area contributed by atoms with Gasteiger partial charge in [0, 0.05) is 26.7 Å². The lowest BCUT2D eigenvalue weighted by Crippen LogP contribution is -2.45. The summed E-state index contributed by atoms with van der Waals surface area (Å²) in [6, 6.07) is 19.5. The third-order valence-corrected chi connectivity index (χ3v) is 5.81. The summed E-state index contributed by atoms with van der Waals surface area (Å²) < 4.78 is 28.3. The normalized spacial score (nSPS) is 13.4. The Kier molecular flexibility index (Phi) is 5.93. The number of rotatable bonds is 7. The number of hydrogen-bond acceptors (Lipinski definition) is 2. The van der Waals surface area contributed by atoms with Gasteiger partial charge in [0.1, 0.15) is 0 Å². The van der Waals surface area contributed by atoms with Crippen LogP contribution in [0.4, 0.5) is 0 Å². The zero-order valence-corrected chi connectivity index (χ0v) is 14.7. The Hall–Kier alpha value is -1.69. The Morgan fingerprint density at radius 2 is 1.35 bits per heavy atom. The third kappa shape index (κ3) is 4.64. The molecule has 5 heteroatoms. The summed E-state index contributed by atoms with van der Waals surface area (Å²) in [4.78, 5) is 0. The molecule has 0 aliphatic heterocycles. The highest BCUT2D eigenvalue weighted by Crippen LogP contribution is 2.18. The summed E-state index contributed by atoms with van der Waals surface area (Å²) >= 11 is 0. The topological polar surface area (TPSA) is 40.6 Å². The minimum absolute atomic E-state index is 0.134. The fourth-order valence-corrected chi connectivity index (χ4v) is 3.76. The van der Waals surface area contributed by atoms with Gasteiger partial charge in [0.15, 0.2) is 0 Å². The zero-order chi connectivity index (χ0) is 16.9. The lowest BCUT2D eigenvalue weighted by atomic mass is 10.1. The van der Waals surface area contributed by atoms with Gasteiger partial charge in [-0.2, -0.15) is 17.0 Å². The van der Waals surface area contributed by atoms with Crippen LogP contribution in [0.5, 0.6) is 0 Å². The predicted molar refractivity (Wildman–Crippen MR) is 94.2 cm³/mol. The molecular weight excluding hydrogens is 308 g/mol. The van der Waals surface area contributed by atoms with E-state index in [1.54, 1.807) is 18.4 Å². The van der Waals surface area contributed by atoms with Gasteiger partial charge in [-0.15, -0.1) is 0 Å². The Morgan fingerprint density at radius 3 is 1.83 bits per heavy atom. The van der Waals surface area contributed by atoms with E-state index in [1.807, 2.05) is 67.6 Å². The smallest absolute Gasteiger partial charge is 0.195 e. The number of hydrogen-bond donors (Lipinski definition) is 0. The van der Waals surface area contributed by atoms with Crippen LogP contribution in [0.25, 0.3) is 0 Å². The standard InChI is InChI=1S/C18H24N2O2S/c1-16(14-17-10-6-4-7-11-17)20(23(21,22)19(2)3)15-18-12-8-5-9-13-18/h4-13,16H,14-15H2,1-3H3. The van der Waals surface area contributed by atoms with Crippen molar-refractivity contribution < 1.29 is 8.42 Å². The molecular formula is C18H24N2O2S. The van der Waals surface area contributed by atoms with E-state index in [0.29, 0.717) is 13.0 Å². The van der Waals surface area contributed by atoms with Crippen LogP contribution in [0.3, 0.4) is 0 Å². The van der Waals surface area contributed by atoms with E-state index in [0.717, 1.165) is 11.1 Å². The van der Waals surface area contributed by atoms with Gasteiger partial charge in [-0.1, -0.05) is 60.7 Å². The maximum absolute atomic E-state index is 12.7. The molecule has 0 amide bonds. The van der Waals surface area contributed by atoms with Gasteiger partial charge < -0.3 is 0 Å². The van der Waals surface area contributed by atoms with E-state index in [2.05, 4.69) is 0 Å². The maximum atomic E-state index is 12.7. The highest BCUT2D eigenvalue weighted by atomic mass is 32.2. The molecule has 0 aromatic heterocycles. The van der Waals surface area contributed by atoms with Crippen LogP contribution in [-0.4, -0.2) is 37.2 Å². The highest BCUT2D eigenvalue weighted by molar-refractivity contribution is 7.86. The first-order chi connectivity index (χ1) is 10.9. The number of benzene rings is 2. The van der Waals surface area contributed by atoms with Crippen molar-refractivity contribution in [1.29, 1.82) is 0 Å². The summed E-state index contributed by atoms with van der Waals surface area (Å²) in [5, 5.41) is 0. The molecule has 0 aliphatic rings. The minimum atomic E-state index is -3.49. The van der Waals surface area contributed by atoms with Crippen molar-refractivity contribution in [3.8, 4) is 0 Å². The summed E-state index contributed by atoms with van der Waals surface area (Å²) in [5.74, 6) is 0. The monoisotopic (exact) mass is 332 g/mol. The summed E-state index contributed by atoms with van der Waals surface area (Å²) in [5.41, 5.74) is 2.12. The first-order valence-corrected chi connectivity index (χ1v) is 9.08. The van der Waals surface area contributed by atoms with E-state index >= 15 is 0 Å². The first kappa shape index (κ1) is 17.7. The molecule has 124 valence electrons. The van der Waals surface area contributed by atoms with Crippen LogP contribution in [0, 0.1) is 0 Å². The van der Waals surface area contributed by atoms with Gasteiger partial charge in [-0.25, -0.2) is 0 Å². The maximum Gasteiger partial charge on any atom is 0.282 e. The van der Waals surface area contributed by atoms with Crippen molar-refractivity contribution in [2.75, 3.05) is 14.1 Å². The first-order valence-electron chi connectivity index (χ1n) is 7.68. The fourth-order valence-electron chi connectivity index (χ4n) is 2.49. The van der Waals surface area contributed by atoms with E-state index in [4.69, 9.17) is 0 Å². The highest BCUT2D eigenvalue weighted by Gasteiger charge is 2.29. The van der Waals surface area contributed by atoms with E-state index in [9.17, 15) is 8.42 Å². The van der Waals surface area contributed by atoms with Gasteiger partial charge in [-0.3, -0.25) is 0 Å². The lowest BCUT2D eigenvalue weighted by molar-refractivity contribution is 0.306. The second-order valence-electron chi connectivity index (χ2n) is 5.86. The second kappa shape index (κ2) is 7.73. The molecule has 23 heavy (non-hydrogen) atoms. The predicted octanol–water partition coefficient (Wildman–Crippen LogP) is 2.93. The molecule has 2 aromatic rings. The van der Waals surface area contributed by atoms with E-state index < -0.39 is 10.2 Å². The van der Waals surface area contributed by atoms with Gasteiger partial charge >= 0.3 is 0 Å². The van der Waals surface area contributed by atoms with Crippen molar-refractivity contribution in [2.24, 2.45) is 0 Å². The van der Waals surface area contributed by atoms with E-state index in [-0.39, 0.29) is 6.04 Å². The quantitative estimate of drug-likeness (QED) is 0.782. The van der Waals surface area contributed by atoms with Crippen molar-refractivity contribution in [2.45, 2.75) is 25.9 Å². The van der Waals surface area contributed by atoms with Crippen LogP contribution < -0.4 is 0 Å². The van der Waals surface area contributed by atoms with E-state index in [1.165, 1.54) is 4.31 Å². The SMILES string of the molecule is CC(Cc1ccccc1)N(Cc1ccccc1)S(=O)(=O)N(C)C. The van der Waals surface area contributed by atoms with Crippen molar-refractivity contribution in [3.63, 3.8) is 0 Å². The molecule has 0 spiro atoms. The summed E-state index contributed by atoms with van der Waals surface area (Å²) in [6.45, 7) is 2.33. The Balaban J connectivity index is 2.26. The molecule has 2 aromatic carbocycles. The van der Waals surface area contributed by atoms with Crippen molar-refractivity contribution in [3.05, 3.63) is 71.8 Å². The average molecular weight is 332 g/mol. The fraction of sp³-hybridized carbons (Fsp3) is 0.333. The molecule has 0 aliphatic carbocycles. The second-order valence-corrected chi connectivity index (χ2v) is 7.95. The average Bonchev–Trinajstić information content (AvgIpc) is 2.54. The van der Waals surface area contributed by atoms with Crippen LogP contribution in [0.2, 0.25) is 0 Å². The Labute approximate surface area is 139 Å². The summed E-state index contributed by atoms with van der Waals surface area (Å²) in [7, 11) is -0.346. The van der Waals surface area contributed by atoms with Crippen LogP contribution in [0.15, 0.2) is 60.7 Å². The molecule has 1 atom stereocenters. The molecule has 2 rings (SSSR count). The number of nitrogens with zero attached hydrogens (tertiary/aromatic N) is 2. The molecule has 0 saturated heterocycles. The van der Waals surface area contributed by atoms with Crippen LogP contribution in [0.1, 0.15) is 18.1 Å². The third-order valence-electron chi connectivity index (χ3n) is 3.80. The van der Waals surface area contributed by atoms with Gasteiger partial charge in [-0.05, 0) is 24.5 Å². The van der Waals surface area contributed by atoms with Crippen LogP contribution in [-0.2, 0) is 23.2 Å². The molecule has 0 heterocycles. The zero-order valence-electron chi connectivity index (χ0n) is 13.9. The Morgan fingerprint density at radius 1 is 0.870 bits per heavy atom. The molecule has 0 N–H and O–H groups in total. The molecule has 0 saturated carbocycles. The molecule has 0 bridgehead atoms. The molecule has 0 fully saturated rings. The lowest BCUT2D eigenvalue weighted by Gasteiger charge is -2.31. The molecule has 0 radical (unpaired) electrons.